The number of hydrogen-bond acceptors (Lipinski definition) is 3. The van der Waals surface area contributed by atoms with Crippen molar-refractivity contribution in [3.05, 3.63) is 46.0 Å². The summed E-state index contributed by atoms with van der Waals surface area (Å²) < 4.78 is 5.07. The lowest BCUT2D eigenvalue weighted by Crippen LogP contribution is -2.21. The average Bonchev–Trinajstić information content (AvgIpc) is 2.93. The zero-order valence-electron chi connectivity index (χ0n) is 17.0. The molecule has 0 spiro atoms. The summed E-state index contributed by atoms with van der Waals surface area (Å²) in [4.78, 5) is 11.5. The summed E-state index contributed by atoms with van der Waals surface area (Å²) in [5.41, 5.74) is 1.08. The van der Waals surface area contributed by atoms with E-state index in [1.807, 2.05) is 19.1 Å². The maximum absolute atomic E-state index is 11.5. The van der Waals surface area contributed by atoms with E-state index in [4.69, 9.17) is 39.5 Å². The predicted molar refractivity (Wildman–Crippen MR) is 121 cm³/mol. The van der Waals surface area contributed by atoms with Crippen LogP contribution in [-0.4, -0.2) is 29.2 Å². The number of ether oxygens (including phenoxy) is 1. The molecule has 0 radical (unpaired) electrons. The molecule has 1 aromatic carbocycles. The van der Waals surface area contributed by atoms with E-state index in [1.165, 1.54) is 0 Å². The van der Waals surface area contributed by atoms with Crippen LogP contribution in [0.5, 0.6) is 0 Å². The number of hydrogen-bond donors (Lipinski definition) is 1. The van der Waals surface area contributed by atoms with Gasteiger partial charge < -0.3 is 9.84 Å². The lowest BCUT2D eigenvalue weighted by molar-refractivity contribution is -0.143. The second-order valence-corrected chi connectivity index (χ2v) is 9.22. The molecule has 2 rings (SSSR count). The number of allylic oxidation sites excluding steroid dienone is 2. The Bertz CT molecular complexity index is 657. The van der Waals surface area contributed by atoms with Crippen molar-refractivity contribution in [3.63, 3.8) is 0 Å². The van der Waals surface area contributed by atoms with E-state index in [-0.39, 0.29) is 29.3 Å². The first-order valence-electron chi connectivity index (χ1n) is 10.5. The number of aliphatic hydroxyl groups is 1. The van der Waals surface area contributed by atoms with Crippen LogP contribution in [0.3, 0.4) is 0 Å². The molecule has 0 bridgehead atoms. The van der Waals surface area contributed by atoms with E-state index in [0.29, 0.717) is 29.5 Å². The van der Waals surface area contributed by atoms with Gasteiger partial charge in [-0.1, -0.05) is 42.3 Å². The van der Waals surface area contributed by atoms with Crippen LogP contribution in [0.4, 0.5) is 0 Å². The van der Waals surface area contributed by atoms with E-state index in [2.05, 4.69) is 12.2 Å². The minimum Gasteiger partial charge on any atom is -0.466 e. The van der Waals surface area contributed by atoms with E-state index in [0.717, 1.165) is 44.1 Å². The fraction of sp³-hybridized carbons (Fsp3) is 0.609. The third-order valence-electron chi connectivity index (χ3n) is 5.46. The van der Waals surface area contributed by atoms with Gasteiger partial charge in [0, 0.05) is 21.8 Å². The summed E-state index contributed by atoms with van der Waals surface area (Å²) in [6, 6.07) is 5.57. The van der Waals surface area contributed by atoms with Crippen molar-refractivity contribution in [3.8, 4) is 0 Å². The van der Waals surface area contributed by atoms with Gasteiger partial charge in [0.05, 0.1) is 12.7 Å². The van der Waals surface area contributed by atoms with Crippen LogP contribution in [-0.2, 0) is 16.0 Å². The summed E-state index contributed by atoms with van der Waals surface area (Å²) in [7, 11) is 0. The maximum atomic E-state index is 11.5. The summed E-state index contributed by atoms with van der Waals surface area (Å²) in [6.45, 7) is 2.48. The van der Waals surface area contributed by atoms with Gasteiger partial charge in [-0.15, -0.1) is 11.6 Å². The Hall–Kier alpha value is -0.740. The molecule has 0 unspecified atom stereocenters. The molecular weight excluding hydrogens is 431 g/mol. The predicted octanol–water partition coefficient (Wildman–Crippen LogP) is 6.60. The van der Waals surface area contributed by atoms with Gasteiger partial charge in [-0.05, 0) is 80.5 Å². The van der Waals surface area contributed by atoms with Gasteiger partial charge in [-0.25, -0.2) is 0 Å². The number of alkyl halides is 1. The summed E-state index contributed by atoms with van der Waals surface area (Å²) in [6.07, 6.45) is 9.93. The number of carbonyl (C=O) groups excluding carboxylic acids is 1. The molecule has 1 saturated carbocycles. The summed E-state index contributed by atoms with van der Waals surface area (Å²) >= 11 is 18.7. The summed E-state index contributed by atoms with van der Waals surface area (Å²) in [5.74, 6) is 0.275. The molecule has 1 fully saturated rings. The Morgan fingerprint density at radius 2 is 1.93 bits per heavy atom. The normalized spacial score (nSPS) is 24.3. The van der Waals surface area contributed by atoms with Crippen molar-refractivity contribution in [2.75, 3.05) is 6.61 Å². The number of halogens is 3. The first kappa shape index (κ1) is 24.5. The monoisotopic (exact) mass is 460 g/mol. The Morgan fingerprint density at radius 3 is 2.62 bits per heavy atom. The number of carbonyl (C=O) groups is 1. The van der Waals surface area contributed by atoms with Gasteiger partial charge in [0.15, 0.2) is 0 Å². The topological polar surface area (TPSA) is 46.5 Å². The number of aliphatic hydroxyl groups excluding tert-OH is 1. The van der Waals surface area contributed by atoms with Gasteiger partial charge in [0.1, 0.15) is 0 Å². The lowest BCUT2D eigenvalue weighted by Gasteiger charge is -2.22. The molecule has 1 aliphatic carbocycles. The highest BCUT2D eigenvalue weighted by Crippen LogP contribution is 2.41. The molecule has 0 amide bonds. The van der Waals surface area contributed by atoms with Gasteiger partial charge in [-0.3, -0.25) is 4.79 Å². The quantitative estimate of drug-likeness (QED) is 0.175. The largest absolute Gasteiger partial charge is 0.466 e. The lowest BCUT2D eigenvalue weighted by atomic mass is 9.86. The minimum absolute atomic E-state index is 0.0216. The molecule has 162 valence electrons. The molecule has 1 aromatic rings. The van der Waals surface area contributed by atoms with Crippen LogP contribution in [0.15, 0.2) is 30.4 Å². The van der Waals surface area contributed by atoms with E-state index in [9.17, 15) is 9.90 Å². The van der Waals surface area contributed by atoms with Crippen molar-refractivity contribution >= 4 is 40.8 Å². The van der Waals surface area contributed by atoms with E-state index in [1.54, 1.807) is 6.07 Å². The molecule has 0 aromatic heterocycles. The Kier molecular flexibility index (Phi) is 10.9. The van der Waals surface area contributed by atoms with Gasteiger partial charge in [0.2, 0.25) is 0 Å². The number of unbranched alkanes of at least 4 members (excludes halogenated alkanes) is 1. The third kappa shape index (κ3) is 8.49. The van der Waals surface area contributed by atoms with Crippen LogP contribution < -0.4 is 0 Å². The number of benzene rings is 1. The number of rotatable bonds is 11. The van der Waals surface area contributed by atoms with E-state index >= 15 is 0 Å². The van der Waals surface area contributed by atoms with Crippen molar-refractivity contribution in [2.24, 2.45) is 11.8 Å². The van der Waals surface area contributed by atoms with Gasteiger partial charge in [-0.2, -0.15) is 0 Å². The molecule has 1 aliphatic rings. The van der Waals surface area contributed by atoms with Crippen LogP contribution in [0.2, 0.25) is 10.0 Å². The fourth-order valence-corrected chi connectivity index (χ4v) is 5.02. The standard InChI is InChI=1S/C23H31Cl3O3/c1-2-11-29-23(28)8-6-4-3-5-7-19-20(22(27)15-21(19)26)10-9-16-12-17(24)14-18(25)13-16/h3,5,12-14,19-22,27H,2,4,6-11,15H2,1H3/b5-3-/t19-,20-,21-,22-/m1/s1. The second kappa shape index (κ2) is 12.8. The molecule has 0 aliphatic heterocycles. The third-order valence-corrected chi connectivity index (χ3v) is 6.40. The van der Waals surface area contributed by atoms with Crippen molar-refractivity contribution < 1.29 is 14.6 Å². The molecule has 0 heterocycles. The van der Waals surface area contributed by atoms with Crippen LogP contribution in [0, 0.1) is 11.8 Å². The number of esters is 1. The fourth-order valence-electron chi connectivity index (χ4n) is 3.97. The highest BCUT2D eigenvalue weighted by atomic mass is 35.5. The molecule has 6 heteroatoms. The Balaban J connectivity index is 1.79. The number of aryl methyl sites for hydroxylation is 1. The molecule has 1 N–H and O–H groups in total. The first-order chi connectivity index (χ1) is 13.9. The minimum atomic E-state index is -0.376. The molecule has 4 atom stereocenters. The van der Waals surface area contributed by atoms with Gasteiger partial charge >= 0.3 is 5.97 Å². The van der Waals surface area contributed by atoms with Crippen LogP contribution >= 0.6 is 34.8 Å². The molecule has 29 heavy (non-hydrogen) atoms. The molecule has 0 saturated heterocycles. The second-order valence-electron chi connectivity index (χ2n) is 7.78. The Labute approximate surface area is 189 Å². The van der Waals surface area contributed by atoms with Crippen molar-refractivity contribution in [1.82, 2.24) is 0 Å². The SMILES string of the molecule is CCCOC(=O)CCC/C=C\C[C@@H]1[C@@H](CCc2cc(Cl)cc(Cl)c2)[C@H](O)C[C@H]1Cl. The summed E-state index contributed by atoms with van der Waals surface area (Å²) in [5, 5.41) is 11.7. The Morgan fingerprint density at radius 1 is 1.21 bits per heavy atom. The zero-order chi connectivity index (χ0) is 21.2. The highest BCUT2D eigenvalue weighted by Gasteiger charge is 2.40. The average molecular weight is 462 g/mol. The maximum Gasteiger partial charge on any atom is 0.305 e. The smallest absolute Gasteiger partial charge is 0.305 e. The highest BCUT2D eigenvalue weighted by molar-refractivity contribution is 6.34. The molecule has 3 nitrogen and oxygen atoms in total. The zero-order valence-corrected chi connectivity index (χ0v) is 19.2. The van der Waals surface area contributed by atoms with E-state index < -0.39 is 0 Å². The van der Waals surface area contributed by atoms with Gasteiger partial charge in [0.25, 0.3) is 0 Å². The first-order valence-corrected chi connectivity index (χ1v) is 11.7. The van der Waals surface area contributed by atoms with Crippen LogP contribution in [0.25, 0.3) is 0 Å². The molecular formula is C23H31Cl3O3. The van der Waals surface area contributed by atoms with Crippen molar-refractivity contribution in [2.45, 2.75) is 69.8 Å². The van der Waals surface area contributed by atoms with Crippen LogP contribution in [0.1, 0.15) is 57.4 Å². The van der Waals surface area contributed by atoms with Crippen molar-refractivity contribution in [1.29, 1.82) is 0 Å².